The fourth-order valence-electron chi connectivity index (χ4n) is 6.24. The van der Waals surface area contributed by atoms with E-state index in [4.69, 9.17) is 0 Å². The molecule has 0 amide bonds. The zero-order valence-electron chi connectivity index (χ0n) is 14.0. The molecule has 23 heavy (non-hydrogen) atoms. The van der Waals surface area contributed by atoms with Crippen LogP contribution in [0.3, 0.4) is 0 Å². The van der Waals surface area contributed by atoms with Crippen molar-refractivity contribution in [2.45, 2.75) is 58.8 Å². The highest BCUT2D eigenvalue weighted by Crippen LogP contribution is 2.63. The van der Waals surface area contributed by atoms with Crippen LogP contribution in [0.15, 0.2) is 16.8 Å². The maximum Gasteiger partial charge on any atom is 0.188 e. The molecule has 3 fully saturated rings. The minimum atomic E-state index is -0.196. The number of Topliss-reactive ketones (excluding diaryl/α,β-unsaturated/α-hetero) is 1. The zero-order valence-corrected chi connectivity index (χ0v) is 14.0. The lowest BCUT2D eigenvalue weighted by atomic mass is 9.47. The Morgan fingerprint density at radius 1 is 1.13 bits per heavy atom. The Balaban J connectivity index is 1.85. The van der Waals surface area contributed by atoms with E-state index in [2.05, 4.69) is 19.0 Å². The average Bonchev–Trinajstić information content (AvgIpc) is 2.91. The summed E-state index contributed by atoms with van der Waals surface area (Å²) in [5.74, 6) is 0.690. The molecule has 4 rings (SSSR count). The number of oxime groups is 1. The van der Waals surface area contributed by atoms with Crippen molar-refractivity contribution in [1.82, 2.24) is 0 Å². The highest BCUT2D eigenvalue weighted by Gasteiger charge is 2.61. The zero-order chi connectivity index (χ0) is 16.4. The number of hydrogen-bond donors (Lipinski definition) is 1. The second-order valence-corrected chi connectivity index (χ2v) is 8.58. The van der Waals surface area contributed by atoms with Gasteiger partial charge in [0.25, 0.3) is 0 Å². The van der Waals surface area contributed by atoms with Gasteiger partial charge < -0.3 is 5.21 Å². The van der Waals surface area contributed by atoms with Gasteiger partial charge >= 0.3 is 0 Å². The minimum absolute atomic E-state index is 0.0197. The molecule has 4 aliphatic rings. The first-order valence-corrected chi connectivity index (χ1v) is 8.92. The lowest BCUT2D eigenvalue weighted by molar-refractivity contribution is -0.130. The van der Waals surface area contributed by atoms with Gasteiger partial charge in [-0.15, -0.1) is 0 Å². The van der Waals surface area contributed by atoms with Crippen LogP contribution in [0.5, 0.6) is 0 Å². The molecule has 0 bridgehead atoms. The monoisotopic (exact) mass is 315 g/mol. The van der Waals surface area contributed by atoms with E-state index in [1.165, 1.54) is 19.3 Å². The Morgan fingerprint density at radius 2 is 1.91 bits per heavy atom. The fourth-order valence-corrected chi connectivity index (χ4v) is 6.24. The summed E-state index contributed by atoms with van der Waals surface area (Å²) in [7, 11) is 0. The molecule has 0 aromatic rings. The number of carbonyl (C=O) groups excluding carboxylic acids is 2. The van der Waals surface area contributed by atoms with Gasteiger partial charge in [0.15, 0.2) is 11.6 Å². The predicted molar refractivity (Wildman–Crippen MR) is 86.3 cm³/mol. The van der Waals surface area contributed by atoms with E-state index in [0.717, 1.165) is 19.3 Å². The molecule has 0 aromatic carbocycles. The normalized spacial score (nSPS) is 47.8. The SMILES string of the molecule is C[C@@]12CCC[C@H]1[C@@H]1C(=O)/C(=N/O)C3=CC(=O)CC[C@]3(C)[C@H]1CC2. The van der Waals surface area contributed by atoms with Crippen molar-refractivity contribution in [3.8, 4) is 0 Å². The third-order valence-corrected chi connectivity index (χ3v) is 7.57. The summed E-state index contributed by atoms with van der Waals surface area (Å²) in [5.41, 5.74) is 0.930. The molecule has 5 atom stereocenters. The maximum absolute atomic E-state index is 13.1. The predicted octanol–water partition coefficient (Wildman–Crippen LogP) is 3.53. The van der Waals surface area contributed by atoms with Crippen LogP contribution in [-0.2, 0) is 9.59 Å². The van der Waals surface area contributed by atoms with Crippen LogP contribution in [0, 0.1) is 28.6 Å². The highest BCUT2D eigenvalue weighted by atomic mass is 16.4. The van der Waals surface area contributed by atoms with Gasteiger partial charge in [-0.25, -0.2) is 0 Å². The van der Waals surface area contributed by atoms with Gasteiger partial charge in [-0.3, -0.25) is 9.59 Å². The molecule has 4 aliphatic carbocycles. The van der Waals surface area contributed by atoms with Gasteiger partial charge in [-0.1, -0.05) is 25.4 Å². The van der Waals surface area contributed by atoms with Crippen LogP contribution in [0.1, 0.15) is 58.8 Å². The topological polar surface area (TPSA) is 66.7 Å². The van der Waals surface area contributed by atoms with Crippen molar-refractivity contribution in [2.24, 2.45) is 33.7 Å². The highest BCUT2D eigenvalue weighted by molar-refractivity contribution is 6.48. The summed E-state index contributed by atoms with van der Waals surface area (Å²) >= 11 is 0. The first-order chi connectivity index (χ1) is 10.9. The van der Waals surface area contributed by atoms with Gasteiger partial charge in [0, 0.05) is 12.3 Å². The number of ketones is 2. The summed E-state index contributed by atoms with van der Waals surface area (Å²) in [4.78, 5) is 25.0. The first kappa shape index (κ1) is 15.1. The van der Waals surface area contributed by atoms with Gasteiger partial charge in [-0.05, 0) is 66.4 Å². The molecule has 1 N–H and O–H groups in total. The molecular weight excluding hydrogens is 290 g/mol. The third kappa shape index (κ3) is 1.87. The van der Waals surface area contributed by atoms with Gasteiger partial charge in [0.1, 0.15) is 5.71 Å². The van der Waals surface area contributed by atoms with Crippen LogP contribution >= 0.6 is 0 Å². The number of carbonyl (C=O) groups is 2. The smallest absolute Gasteiger partial charge is 0.188 e. The van der Waals surface area contributed by atoms with Crippen molar-refractivity contribution in [1.29, 1.82) is 0 Å². The fraction of sp³-hybridized carbons (Fsp3) is 0.737. The lowest BCUT2D eigenvalue weighted by Gasteiger charge is -2.56. The van der Waals surface area contributed by atoms with E-state index in [-0.39, 0.29) is 39.9 Å². The van der Waals surface area contributed by atoms with Crippen molar-refractivity contribution in [3.63, 3.8) is 0 Å². The van der Waals surface area contributed by atoms with E-state index < -0.39 is 0 Å². The number of nitrogens with zero attached hydrogens (tertiary/aromatic N) is 1. The van der Waals surface area contributed by atoms with Gasteiger partial charge in [0.05, 0.1) is 0 Å². The number of rotatable bonds is 0. The Hall–Kier alpha value is -1.45. The first-order valence-electron chi connectivity index (χ1n) is 8.92. The maximum atomic E-state index is 13.1. The van der Waals surface area contributed by atoms with Crippen molar-refractivity contribution in [2.75, 3.05) is 0 Å². The van der Waals surface area contributed by atoms with E-state index in [9.17, 15) is 14.8 Å². The summed E-state index contributed by atoms with van der Waals surface area (Å²) < 4.78 is 0. The molecule has 0 heterocycles. The molecule has 0 radical (unpaired) electrons. The van der Waals surface area contributed by atoms with Crippen LogP contribution in [0.25, 0.3) is 0 Å². The van der Waals surface area contributed by atoms with E-state index in [0.29, 0.717) is 17.9 Å². The number of allylic oxidation sites excluding steroid dienone is 1. The Bertz CT molecular complexity index is 649. The molecule has 3 saturated carbocycles. The molecule has 0 saturated heterocycles. The van der Waals surface area contributed by atoms with E-state index in [1.807, 2.05) is 0 Å². The molecule has 124 valence electrons. The molecular formula is C19H25NO3. The van der Waals surface area contributed by atoms with Crippen LogP contribution < -0.4 is 0 Å². The minimum Gasteiger partial charge on any atom is -0.410 e. The van der Waals surface area contributed by atoms with Crippen LogP contribution in [0.4, 0.5) is 0 Å². The Morgan fingerprint density at radius 3 is 2.65 bits per heavy atom. The standard InChI is InChI=1S/C19H25NO3/c1-18-7-3-4-12(18)15-13(6-8-18)19(2)9-5-11(21)10-14(19)16(20-23)17(15)22/h10,12-13,15,23H,3-9H2,1-2H3/b20-16+/t12-,13-,15-,18-,19+/m0/s1. The Kier molecular flexibility index (Phi) is 3.14. The summed E-state index contributed by atoms with van der Waals surface area (Å²) in [6.07, 6.45) is 8.62. The van der Waals surface area contributed by atoms with E-state index in [1.54, 1.807) is 6.08 Å². The van der Waals surface area contributed by atoms with Crippen molar-refractivity contribution >= 4 is 17.3 Å². The van der Waals surface area contributed by atoms with Gasteiger partial charge in [-0.2, -0.15) is 0 Å². The molecule has 4 heteroatoms. The second-order valence-electron chi connectivity index (χ2n) is 8.58. The van der Waals surface area contributed by atoms with Crippen molar-refractivity contribution in [3.05, 3.63) is 11.6 Å². The summed E-state index contributed by atoms with van der Waals surface area (Å²) in [6.45, 7) is 4.51. The van der Waals surface area contributed by atoms with Crippen LogP contribution in [-0.4, -0.2) is 22.5 Å². The summed E-state index contributed by atoms with van der Waals surface area (Å²) in [5, 5.41) is 12.9. The largest absolute Gasteiger partial charge is 0.410 e. The van der Waals surface area contributed by atoms with Crippen LogP contribution in [0.2, 0.25) is 0 Å². The number of hydrogen-bond acceptors (Lipinski definition) is 4. The van der Waals surface area contributed by atoms with Crippen molar-refractivity contribution < 1.29 is 14.8 Å². The molecule has 0 aromatic heterocycles. The second kappa shape index (κ2) is 4.78. The molecule has 0 spiro atoms. The van der Waals surface area contributed by atoms with E-state index >= 15 is 0 Å². The molecule has 0 aliphatic heterocycles. The summed E-state index contributed by atoms with van der Waals surface area (Å²) in [6, 6.07) is 0. The molecule has 4 nitrogen and oxygen atoms in total. The lowest BCUT2D eigenvalue weighted by Crippen LogP contribution is -2.56. The Labute approximate surface area is 137 Å². The average molecular weight is 315 g/mol. The third-order valence-electron chi connectivity index (χ3n) is 7.57. The quantitative estimate of drug-likeness (QED) is 0.549. The van der Waals surface area contributed by atoms with Gasteiger partial charge in [0.2, 0.25) is 0 Å². The molecule has 0 unspecified atom stereocenters. The number of fused-ring (bicyclic) bond motifs is 5.